The lowest BCUT2D eigenvalue weighted by atomic mass is 10.1. The summed E-state index contributed by atoms with van der Waals surface area (Å²) in [4.78, 5) is 42.8. The molecule has 0 saturated heterocycles. The average Bonchev–Trinajstić information content (AvgIpc) is 3.05. The van der Waals surface area contributed by atoms with Crippen LogP contribution >= 0.6 is 0 Å². The van der Waals surface area contributed by atoms with Crippen molar-refractivity contribution < 1.29 is 28.8 Å². The predicted octanol–water partition coefficient (Wildman–Crippen LogP) is -1.54. The molecule has 0 fully saturated rings. The summed E-state index contributed by atoms with van der Waals surface area (Å²) in [6.07, 6.45) is -0.0417. The lowest BCUT2D eigenvalue weighted by Gasteiger charge is -2.02. The predicted molar refractivity (Wildman–Crippen MR) is 86.8 cm³/mol. The summed E-state index contributed by atoms with van der Waals surface area (Å²) in [7, 11) is 0. The molecule has 0 bridgehead atoms. The summed E-state index contributed by atoms with van der Waals surface area (Å²) in [6.45, 7) is 3.14. The van der Waals surface area contributed by atoms with Gasteiger partial charge in [0.05, 0.1) is 11.1 Å². The molecule has 0 aliphatic heterocycles. The molecule has 2 unspecified atom stereocenters. The summed E-state index contributed by atoms with van der Waals surface area (Å²) in [5.41, 5.74) is 10.2. The molecule has 0 saturated carbocycles. The van der Waals surface area contributed by atoms with E-state index in [4.69, 9.17) is 21.7 Å². The first-order chi connectivity index (χ1) is 12.0. The molecule has 8 N–H and O–H groups in total. The normalized spacial score (nSPS) is 12.8. The Kier molecular flexibility index (Phi) is 7.10. The van der Waals surface area contributed by atoms with Crippen molar-refractivity contribution in [3.05, 3.63) is 43.4 Å². The number of hydrogen-bond donors (Lipinski definition) is 6. The van der Waals surface area contributed by atoms with Crippen LogP contribution in [0.25, 0.3) is 0 Å². The lowest BCUT2D eigenvalue weighted by molar-refractivity contribution is -0.139. The van der Waals surface area contributed by atoms with E-state index in [2.05, 4.69) is 19.4 Å². The molecule has 0 aliphatic carbocycles. The third-order valence-corrected chi connectivity index (χ3v) is 3.47. The molecule has 12 nitrogen and oxygen atoms in total. The molecule has 0 amide bonds. The van der Waals surface area contributed by atoms with E-state index in [1.807, 2.05) is 0 Å². The largest absolute Gasteiger partial charge is 0.480 e. The van der Waals surface area contributed by atoms with Gasteiger partial charge < -0.3 is 30.7 Å². The van der Waals surface area contributed by atoms with Crippen LogP contribution in [0.4, 0.5) is 0 Å². The fourth-order valence-electron chi connectivity index (χ4n) is 1.90. The number of carboxylic acid groups (broad SMARTS) is 2. The van der Waals surface area contributed by atoms with Gasteiger partial charge in [-0.15, -0.1) is 0 Å². The highest BCUT2D eigenvalue weighted by Crippen LogP contribution is 2.04. The maximum atomic E-state index is 11.0. The van der Waals surface area contributed by atoms with Gasteiger partial charge in [0, 0.05) is 12.8 Å². The van der Waals surface area contributed by atoms with E-state index in [0.29, 0.717) is 11.5 Å². The van der Waals surface area contributed by atoms with Crippen LogP contribution in [0.15, 0.2) is 18.6 Å². The maximum Gasteiger partial charge on any atom is 0.320 e. The van der Waals surface area contributed by atoms with Gasteiger partial charge in [0.15, 0.2) is 0 Å². The number of nitrogens with one attached hydrogen (secondary N) is 2. The summed E-state index contributed by atoms with van der Waals surface area (Å²) < 4.78 is 9.38. The van der Waals surface area contributed by atoms with Crippen molar-refractivity contribution in [1.29, 1.82) is 0 Å². The molecule has 12 heteroatoms. The molecule has 2 rings (SSSR count). The second-order valence-corrected chi connectivity index (χ2v) is 5.43. The highest BCUT2D eigenvalue weighted by molar-refractivity contribution is 5.73. The second-order valence-electron chi connectivity index (χ2n) is 5.43. The molecule has 26 heavy (non-hydrogen) atoms. The van der Waals surface area contributed by atoms with Gasteiger partial charge in [-0.25, -0.2) is 0 Å². The molecule has 144 valence electrons. The number of aromatic amines is 2. The molecule has 2 aromatic heterocycles. The molecule has 2 atom stereocenters. The number of carboxylic acids is 2. The summed E-state index contributed by atoms with van der Waals surface area (Å²) in [5, 5.41) is 21.2. The van der Waals surface area contributed by atoms with E-state index in [-0.39, 0.29) is 24.0 Å². The summed E-state index contributed by atoms with van der Waals surface area (Å²) >= 11 is 0. The molecule has 0 radical (unpaired) electrons. The zero-order chi connectivity index (χ0) is 20.0. The van der Waals surface area contributed by atoms with Crippen LogP contribution in [0.3, 0.4) is 0 Å². The van der Waals surface area contributed by atoms with Crippen molar-refractivity contribution in [2.45, 2.75) is 38.8 Å². The number of rotatable bonds is 6. The molecule has 2 heterocycles. The van der Waals surface area contributed by atoms with Gasteiger partial charge in [-0.1, -0.05) is 0 Å². The Hall–Kier alpha value is -3.12. The summed E-state index contributed by atoms with van der Waals surface area (Å²) in [6, 6.07) is -2.14. The fraction of sp³-hybridized carbons (Fsp3) is 0.429. The minimum Gasteiger partial charge on any atom is -0.480 e. The van der Waals surface area contributed by atoms with Crippen LogP contribution in [0.2, 0.25) is 0 Å². The Morgan fingerprint density at radius 3 is 1.38 bits per heavy atom. The minimum absolute atomic E-state index is 0.0208. The Bertz CT molecular complexity index is 802. The Balaban J connectivity index is 0.000000260. The quantitative estimate of drug-likeness (QED) is 0.343. The zero-order valence-electron chi connectivity index (χ0n) is 14.1. The molecule has 2 aromatic rings. The highest BCUT2D eigenvalue weighted by atomic mass is 16.5. The Morgan fingerprint density at radius 2 is 1.19 bits per heavy atom. The number of carbonyl (C=O) groups is 2. The van der Waals surface area contributed by atoms with Gasteiger partial charge in [0.25, 0.3) is 11.1 Å². The van der Waals surface area contributed by atoms with Crippen molar-refractivity contribution in [3.63, 3.8) is 0 Å². The zero-order valence-corrected chi connectivity index (χ0v) is 14.1. The third kappa shape index (κ3) is 5.46. The van der Waals surface area contributed by atoms with Crippen LogP contribution in [0.1, 0.15) is 22.6 Å². The van der Waals surface area contributed by atoms with Crippen molar-refractivity contribution >= 4 is 11.9 Å². The molecule has 0 aliphatic rings. The van der Waals surface area contributed by atoms with E-state index in [1.165, 1.54) is 0 Å². The minimum atomic E-state index is -1.14. The highest BCUT2D eigenvalue weighted by Gasteiger charge is 2.18. The first kappa shape index (κ1) is 20.9. The number of aliphatic carboxylic acids is 2. The molecule has 0 spiro atoms. The molecular formula is C14H20N4O8. The van der Waals surface area contributed by atoms with Crippen molar-refractivity contribution in [3.8, 4) is 0 Å². The van der Waals surface area contributed by atoms with Gasteiger partial charge in [-0.05, 0) is 13.8 Å². The summed E-state index contributed by atoms with van der Waals surface area (Å²) in [5.74, 6) is -1.52. The van der Waals surface area contributed by atoms with Gasteiger partial charge in [-0.2, -0.15) is 10.3 Å². The topological polar surface area (TPSA) is 219 Å². The van der Waals surface area contributed by atoms with Crippen LogP contribution in [-0.2, 0) is 22.4 Å². The van der Waals surface area contributed by atoms with Crippen molar-refractivity contribution in [2.75, 3.05) is 0 Å². The first-order valence-electron chi connectivity index (χ1n) is 7.35. The maximum absolute atomic E-state index is 11.0. The third-order valence-electron chi connectivity index (χ3n) is 3.47. The van der Waals surface area contributed by atoms with E-state index < -0.39 is 35.1 Å². The van der Waals surface area contributed by atoms with Crippen LogP contribution in [0, 0.1) is 13.8 Å². The molecular weight excluding hydrogens is 352 g/mol. The van der Waals surface area contributed by atoms with Crippen molar-refractivity contribution in [2.24, 2.45) is 11.5 Å². The van der Waals surface area contributed by atoms with E-state index >= 15 is 0 Å². The van der Waals surface area contributed by atoms with Gasteiger partial charge in [0.2, 0.25) is 0 Å². The number of nitrogens with two attached hydrogens (primary N) is 2. The SMILES string of the molecule is Cc1o[nH]c(=O)c1CC(N)C(=O)O.Cc1o[nH]c(=O)c1CC(N)C(=O)O. The Morgan fingerprint density at radius 1 is 0.885 bits per heavy atom. The monoisotopic (exact) mass is 372 g/mol. The van der Waals surface area contributed by atoms with Gasteiger partial charge in [-0.3, -0.25) is 19.2 Å². The van der Waals surface area contributed by atoms with E-state index in [0.717, 1.165) is 0 Å². The average molecular weight is 372 g/mol. The van der Waals surface area contributed by atoms with Crippen LogP contribution < -0.4 is 22.6 Å². The number of H-pyrrole nitrogens is 2. The fourth-order valence-corrected chi connectivity index (χ4v) is 1.90. The van der Waals surface area contributed by atoms with Gasteiger partial charge in [0.1, 0.15) is 23.6 Å². The number of hydrogen-bond acceptors (Lipinski definition) is 8. The number of aryl methyl sites for hydroxylation is 2. The standard InChI is InChI=1S/2C7H10N2O4/c2*1-3-4(6(10)9-13-3)2-5(8)7(11)12/h2*5H,2,8H2,1H3,(H,9,10)(H,11,12). The number of aromatic nitrogens is 2. The lowest BCUT2D eigenvalue weighted by Crippen LogP contribution is -2.33. The van der Waals surface area contributed by atoms with Crippen LogP contribution in [-0.4, -0.2) is 44.5 Å². The van der Waals surface area contributed by atoms with E-state index in [9.17, 15) is 19.2 Å². The van der Waals surface area contributed by atoms with Crippen molar-refractivity contribution in [1.82, 2.24) is 10.3 Å². The van der Waals surface area contributed by atoms with Gasteiger partial charge >= 0.3 is 11.9 Å². The smallest absolute Gasteiger partial charge is 0.320 e. The Labute approximate surface area is 145 Å². The van der Waals surface area contributed by atoms with E-state index in [1.54, 1.807) is 13.8 Å². The molecule has 0 aromatic carbocycles. The first-order valence-corrected chi connectivity index (χ1v) is 7.35. The second kappa shape index (κ2) is 8.82. The van der Waals surface area contributed by atoms with Crippen LogP contribution in [0.5, 0.6) is 0 Å².